The lowest BCUT2D eigenvalue weighted by atomic mass is 10.0. The molecule has 1 aromatic heterocycles. The predicted molar refractivity (Wildman–Crippen MR) is 76.4 cm³/mol. The number of rotatable bonds is 5. The molecule has 1 aliphatic heterocycles. The van der Waals surface area contributed by atoms with Crippen molar-refractivity contribution < 1.29 is 4.74 Å². The molecule has 1 aliphatic rings. The van der Waals surface area contributed by atoms with Crippen LogP contribution < -0.4 is 16.0 Å². The first-order valence-electron chi connectivity index (χ1n) is 6.74. The Morgan fingerprint density at radius 1 is 1.37 bits per heavy atom. The Balaban J connectivity index is 2.06. The zero-order valence-electron chi connectivity index (χ0n) is 11.7. The zero-order valence-corrected chi connectivity index (χ0v) is 11.7. The fourth-order valence-electron chi connectivity index (χ4n) is 2.15. The Morgan fingerprint density at radius 2 is 2.11 bits per heavy atom. The molecule has 0 spiro atoms. The van der Waals surface area contributed by atoms with Crippen molar-refractivity contribution in [3.05, 3.63) is 12.4 Å². The number of anilines is 2. The summed E-state index contributed by atoms with van der Waals surface area (Å²) in [6.45, 7) is 8.16. The topological polar surface area (TPSA) is 76.3 Å². The number of hydrogen-bond acceptors (Lipinski definition) is 6. The van der Waals surface area contributed by atoms with Gasteiger partial charge in [0.25, 0.3) is 0 Å². The van der Waals surface area contributed by atoms with Crippen LogP contribution in [-0.4, -0.2) is 48.4 Å². The summed E-state index contributed by atoms with van der Waals surface area (Å²) in [5, 5.41) is 3.41. The second-order valence-electron chi connectivity index (χ2n) is 5.41. The van der Waals surface area contributed by atoms with Gasteiger partial charge in [-0.05, 0) is 26.8 Å². The molecule has 0 bridgehead atoms. The van der Waals surface area contributed by atoms with E-state index in [4.69, 9.17) is 10.5 Å². The second-order valence-corrected chi connectivity index (χ2v) is 5.41. The minimum atomic E-state index is -0.0641. The van der Waals surface area contributed by atoms with Gasteiger partial charge in [-0.15, -0.1) is 0 Å². The first kappa shape index (κ1) is 14.0. The molecule has 2 rings (SSSR count). The van der Waals surface area contributed by atoms with E-state index in [1.54, 1.807) is 6.33 Å². The van der Waals surface area contributed by atoms with Crippen LogP contribution in [0, 0.1) is 0 Å². The Kier molecular flexibility index (Phi) is 4.55. The maximum atomic E-state index is 5.62. The molecule has 19 heavy (non-hydrogen) atoms. The molecular weight excluding hydrogens is 242 g/mol. The lowest BCUT2D eigenvalue weighted by Gasteiger charge is -2.29. The summed E-state index contributed by atoms with van der Waals surface area (Å²) in [5.41, 5.74) is 5.56. The Bertz CT molecular complexity index is 404. The first-order valence-corrected chi connectivity index (χ1v) is 6.74. The van der Waals surface area contributed by atoms with Crippen LogP contribution in [0.5, 0.6) is 0 Å². The van der Waals surface area contributed by atoms with Gasteiger partial charge in [-0.25, -0.2) is 9.97 Å². The van der Waals surface area contributed by atoms with E-state index >= 15 is 0 Å². The highest BCUT2D eigenvalue weighted by Gasteiger charge is 2.18. The molecule has 0 radical (unpaired) electrons. The van der Waals surface area contributed by atoms with E-state index in [0.29, 0.717) is 6.54 Å². The van der Waals surface area contributed by atoms with Gasteiger partial charge in [-0.3, -0.25) is 0 Å². The van der Waals surface area contributed by atoms with Crippen molar-refractivity contribution in [2.24, 2.45) is 5.73 Å². The molecule has 106 valence electrons. The number of nitrogens with two attached hydrogens (primary N) is 1. The number of hydrogen-bond donors (Lipinski definition) is 2. The summed E-state index contributed by atoms with van der Waals surface area (Å²) in [7, 11) is 0. The summed E-state index contributed by atoms with van der Waals surface area (Å²) in [4.78, 5) is 10.8. The summed E-state index contributed by atoms with van der Waals surface area (Å²) in [6, 6.07) is 1.99. The van der Waals surface area contributed by atoms with Crippen LogP contribution in [0.15, 0.2) is 12.4 Å². The van der Waals surface area contributed by atoms with E-state index in [1.807, 2.05) is 6.07 Å². The van der Waals surface area contributed by atoms with E-state index in [-0.39, 0.29) is 5.54 Å². The van der Waals surface area contributed by atoms with Gasteiger partial charge < -0.3 is 20.7 Å². The number of nitrogens with one attached hydrogen (secondary N) is 1. The Labute approximate surface area is 114 Å². The molecule has 0 amide bonds. The van der Waals surface area contributed by atoms with E-state index < -0.39 is 0 Å². The molecule has 0 unspecified atom stereocenters. The average Bonchev–Trinajstić information content (AvgIpc) is 2.39. The molecule has 3 N–H and O–H groups in total. The summed E-state index contributed by atoms with van der Waals surface area (Å²) < 4.78 is 5.35. The molecule has 0 aliphatic carbocycles. The van der Waals surface area contributed by atoms with Crippen LogP contribution in [0.3, 0.4) is 0 Å². The van der Waals surface area contributed by atoms with E-state index in [1.165, 1.54) is 0 Å². The largest absolute Gasteiger partial charge is 0.378 e. The molecule has 0 atom stereocenters. The van der Waals surface area contributed by atoms with Crippen molar-refractivity contribution in [1.82, 2.24) is 9.97 Å². The van der Waals surface area contributed by atoms with Crippen LogP contribution in [0.2, 0.25) is 0 Å². The van der Waals surface area contributed by atoms with Gasteiger partial charge in [0, 0.05) is 24.7 Å². The third-order valence-electron chi connectivity index (χ3n) is 3.22. The van der Waals surface area contributed by atoms with Crippen molar-refractivity contribution in [1.29, 1.82) is 0 Å². The summed E-state index contributed by atoms with van der Waals surface area (Å²) in [6.07, 6.45) is 2.50. The molecule has 6 heteroatoms. The highest BCUT2D eigenvalue weighted by atomic mass is 16.5. The molecule has 0 saturated carbocycles. The van der Waals surface area contributed by atoms with Crippen molar-refractivity contribution in [2.75, 3.05) is 43.1 Å². The van der Waals surface area contributed by atoms with Crippen molar-refractivity contribution >= 4 is 11.6 Å². The van der Waals surface area contributed by atoms with Gasteiger partial charge in [0.1, 0.15) is 18.0 Å². The Morgan fingerprint density at radius 3 is 2.79 bits per heavy atom. The molecular formula is C13H23N5O. The van der Waals surface area contributed by atoms with Crippen LogP contribution >= 0.6 is 0 Å². The van der Waals surface area contributed by atoms with Gasteiger partial charge in [0.15, 0.2) is 0 Å². The fourth-order valence-corrected chi connectivity index (χ4v) is 2.15. The normalized spacial score (nSPS) is 16.5. The minimum Gasteiger partial charge on any atom is -0.378 e. The van der Waals surface area contributed by atoms with Gasteiger partial charge in [-0.2, -0.15) is 0 Å². The lowest BCUT2D eigenvalue weighted by molar-refractivity contribution is 0.122. The highest BCUT2D eigenvalue weighted by Crippen LogP contribution is 2.19. The molecule has 1 saturated heterocycles. The number of ether oxygens (including phenoxy) is 1. The van der Waals surface area contributed by atoms with Crippen LogP contribution in [0.4, 0.5) is 11.6 Å². The predicted octanol–water partition coefficient (Wildman–Crippen LogP) is 0.853. The van der Waals surface area contributed by atoms with E-state index in [9.17, 15) is 0 Å². The molecule has 0 aromatic carbocycles. The van der Waals surface area contributed by atoms with Gasteiger partial charge >= 0.3 is 0 Å². The molecule has 1 aromatic rings. The first-order chi connectivity index (χ1) is 9.11. The SMILES string of the molecule is CC(C)(CCN)Nc1cc(N2CCOCC2)ncn1. The second kappa shape index (κ2) is 6.16. The van der Waals surface area contributed by atoms with Crippen molar-refractivity contribution in [3.8, 4) is 0 Å². The summed E-state index contributed by atoms with van der Waals surface area (Å²) >= 11 is 0. The fraction of sp³-hybridized carbons (Fsp3) is 0.692. The quantitative estimate of drug-likeness (QED) is 0.822. The molecule has 2 heterocycles. The van der Waals surface area contributed by atoms with Crippen LogP contribution in [-0.2, 0) is 4.74 Å². The number of morpholine rings is 1. The maximum Gasteiger partial charge on any atom is 0.134 e. The maximum absolute atomic E-state index is 5.62. The monoisotopic (exact) mass is 265 g/mol. The van der Waals surface area contributed by atoms with Crippen LogP contribution in [0.1, 0.15) is 20.3 Å². The minimum absolute atomic E-state index is 0.0641. The third-order valence-corrected chi connectivity index (χ3v) is 3.22. The summed E-state index contributed by atoms with van der Waals surface area (Å²) in [5.74, 6) is 1.79. The lowest BCUT2D eigenvalue weighted by Crippen LogP contribution is -2.37. The smallest absolute Gasteiger partial charge is 0.134 e. The van der Waals surface area contributed by atoms with Crippen molar-refractivity contribution in [3.63, 3.8) is 0 Å². The van der Waals surface area contributed by atoms with Gasteiger partial charge in [0.2, 0.25) is 0 Å². The zero-order chi connectivity index (χ0) is 13.7. The third kappa shape index (κ3) is 4.04. The number of aromatic nitrogens is 2. The molecule has 6 nitrogen and oxygen atoms in total. The Hall–Kier alpha value is -1.40. The molecule has 1 fully saturated rings. The van der Waals surface area contributed by atoms with E-state index in [2.05, 4.69) is 34.0 Å². The van der Waals surface area contributed by atoms with Crippen LogP contribution in [0.25, 0.3) is 0 Å². The highest BCUT2D eigenvalue weighted by molar-refractivity contribution is 5.49. The number of nitrogens with zero attached hydrogens (tertiary/aromatic N) is 3. The average molecular weight is 265 g/mol. The van der Waals surface area contributed by atoms with Crippen molar-refractivity contribution in [2.45, 2.75) is 25.8 Å². The standard InChI is InChI=1S/C13H23N5O/c1-13(2,3-4-14)17-11-9-12(16-10-15-11)18-5-7-19-8-6-18/h9-10H,3-8,14H2,1-2H3,(H,15,16,17). The van der Waals surface area contributed by atoms with Gasteiger partial charge in [-0.1, -0.05) is 0 Å². The van der Waals surface area contributed by atoms with E-state index in [0.717, 1.165) is 44.4 Å². The van der Waals surface area contributed by atoms with Gasteiger partial charge in [0.05, 0.1) is 13.2 Å².